The molecule has 1 aromatic rings. The van der Waals surface area contributed by atoms with Crippen molar-refractivity contribution < 1.29 is 9.47 Å². The first kappa shape index (κ1) is 14.8. The highest BCUT2D eigenvalue weighted by atomic mass is 79.9. The summed E-state index contributed by atoms with van der Waals surface area (Å²) in [5, 5.41) is 3.46. The van der Waals surface area contributed by atoms with E-state index in [1.165, 1.54) is 18.4 Å². The summed E-state index contributed by atoms with van der Waals surface area (Å²) in [5.74, 6) is 0.957. The third-order valence-electron chi connectivity index (χ3n) is 3.10. The molecule has 3 nitrogen and oxygen atoms in total. The van der Waals surface area contributed by atoms with Gasteiger partial charge in [0.25, 0.3) is 0 Å². The normalized spacial score (nSPS) is 19.1. The topological polar surface area (TPSA) is 30.5 Å². The van der Waals surface area contributed by atoms with Crippen molar-refractivity contribution >= 4 is 15.9 Å². The van der Waals surface area contributed by atoms with E-state index in [4.69, 9.17) is 9.47 Å². The van der Waals surface area contributed by atoms with Crippen LogP contribution in [0.15, 0.2) is 22.7 Å². The van der Waals surface area contributed by atoms with Gasteiger partial charge >= 0.3 is 0 Å². The second kappa shape index (κ2) is 7.27. The summed E-state index contributed by atoms with van der Waals surface area (Å²) < 4.78 is 12.5. The molecule has 2 rings (SSSR count). The van der Waals surface area contributed by atoms with Gasteiger partial charge in [0.05, 0.1) is 12.2 Å². The summed E-state index contributed by atoms with van der Waals surface area (Å²) in [6.45, 7) is 6.72. The van der Waals surface area contributed by atoms with Crippen LogP contribution in [0.3, 0.4) is 0 Å². The van der Waals surface area contributed by atoms with Gasteiger partial charge in [-0.3, -0.25) is 0 Å². The zero-order valence-corrected chi connectivity index (χ0v) is 13.2. The third kappa shape index (κ3) is 4.79. The number of ether oxygens (including phenoxy) is 2. The number of rotatable bonds is 6. The van der Waals surface area contributed by atoms with E-state index in [0.717, 1.165) is 29.9 Å². The van der Waals surface area contributed by atoms with Crippen molar-refractivity contribution in [2.24, 2.45) is 0 Å². The number of hydrogen-bond acceptors (Lipinski definition) is 3. The van der Waals surface area contributed by atoms with Crippen molar-refractivity contribution in [3.8, 4) is 5.75 Å². The summed E-state index contributed by atoms with van der Waals surface area (Å²) >= 11 is 3.51. The van der Waals surface area contributed by atoms with Gasteiger partial charge in [-0.25, -0.2) is 0 Å². The van der Waals surface area contributed by atoms with E-state index in [-0.39, 0.29) is 6.10 Å². The molecule has 0 aromatic heterocycles. The molecule has 0 bridgehead atoms. The molecule has 1 aromatic carbocycles. The number of benzene rings is 1. The van der Waals surface area contributed by atoms with Crippen molar-refractivity contribution in [2.75, 3.05) is 13.2 Å². The van der Waals surface area contributed by atoms with Gasteiger partial charge in [0.1, 0.15) is 5.75 Å². The molecule has 0 radical (unpaired) electrons. The Kier molecular flexibility index (Phi) is 5.67. The molecule has 1 saturated heterocycles. The van der Waals surface area contributed by atoms with E-state index < -0.39 is 0 Å². The second-order valence-electron chi connectivity index (χ2n) is 5.18. The summed E-state index contributed by atoms with van der Waals surface area (Å²) in [5.41, 5.74) is 1.18. The van der Waals surface area contributed by atoms with E-state index >= 15 is 0 Å². The summed E-state index contributed by atoms with van der Waals surface area (Å²) in [4.78, 5) is 0. The maximum atomic E-state index is 5.83. The van der Waals surface area contributed by atoms with E-state index in [9.17, 15) is 0 Å². The van der Waals surface area contributed by atoms with Crippen LogP contribution in [0.25, 0.3) is 0 Å². The number of hydrogen-bond donors (Lipinski definition) is 1. The fourth-order valence-electron chi connectivity index (χ4n) is 2.23. The van der Waals surface area contributed by atoms with Crippen LogP contribution in [0.4, 0.5) is 0 Å². The van der Waals surface area contributed by atoms with Gasteiger partial charge in [0, 0.05) is 29.7 Å². The molecule has 1 heterocycles. The average Bonchev–Trinajstić information content (AvgIpc) is 2.85. The molecule has 1 N–H and O–H groups in total. The van der Waals surface area contributed by atoms with Gasteiger partial charge in [-0.1, -0.05) is 15.9 Å². The quantitative estimate of drug-likeness (QED) is 0.867. The Morgan fingerprint density at radius 1 is 1.47 bits per heavy atom. The zero-order chi connectivity index (χ0) is 13.7. The molecule has 0 unspecified atom stereocenters. The predicted octanol–water partition coefficient (Wildman–Crippen LogP) is 3.50. The minimum absolute atomic E-state index is 0.193. The summed E-state index contributed by atoms with van der Waals surface area (Å²) in [6.07, 6.45) is 2.92. The first-order valence-corrected chi connectivity index (χ1v) is 7.72. The van der Waals surface area contributed by atoms with E-state index in [1.54, 1.807) is 0 Å². The van der Waals surface area contributed by atoms with Gasteiger partial charge in [0.15, 0.2) is 0 Å². The first-order chi connectivity index (χ1) is 9.15. The van der Waals surface area contributed by atoms with Crippen LogP contribution in [0, 0.1) is 0 Å². The first-order valence-electron chi connectivity index (χ1n) is 6.92. The summed E-state index contributed by atoms with van der Waals surface area (Å²) in [6, 6.07) is 6.15. The molecular weight excluding hydrogens is 306 g/mol. The Balaban J connectivity index is 1.91. The molecule has 1 atom stereocenters. The highest BCUT2D eigenvalue weighted by Gasteiger charge is 2.15. The second-order valence-corrected chi connectivity index (χ2v) is 6.10. The van der Waals surface area contributed by atoms with Gasteiger partial charge in [-0.05, 0) is 44.9 Å². The van der Waals surface area contributed by atoms with Gasteiger partial charge in [-0.15, -0.1) is 0 Å². The van der Waals surface area contributed by atoms with E-state index in [2.05, 4.69) is 27.3 Å². The van der Waals surface area contributed by atoms with Gasteiger partial charge in [0.2, 0.25) is 0 Å². The van der Waals surface area contributed by atoms with Crippen LogP contribution in [0.1, 0.15) is 32.3 Å². The smallest absolute Gasteiger partial charge is 0.124 e. The number of halogens is 1. The molecule has 4 heteroatoms. The van der Waals surface area contributed by atoms with E-state index in [1.807, 2.05) is 26.0 Å². The Morgan fingerprint density at radius 2 is 2.32 bits per heavy atom. The average molecular weight is 328 g/mol. The third-order valence-corrected chi connectivity index (χ3v) is 3.59. The molecule has 106 valence electrons. The van der Waals surface area contributed by atoms with Crippen LogP contribution >= 0.6 is 15.9 Å². The molecule has 0 aliphatic carbocycles. The lowest BCUT2D eigenvalue weighted by atomic mass is 10.2. The van der Waals surface area contributed by atoms with Crippen molar-refractivity contribution in [3.05, 3.63) is 28.2 Å². The largest absolute Gasteiger partial charge is 0.491 e. The zero-order valence-electron chi connectivity index (χ0n) is 11.6. The van der Waals surface area contributed by atoms with Crippen molar-refractivity contribution in [1.82, 2.24) is 5.32 Å². The standard InChI is InChI=1S/C15H22BrNO2/c1-11(2)19-15-6-5-13(16)8-12(15)9-17-10-14-4-3-7-18-14/h5-6,8,11,14,17H,3-4,7,9-10H2,1-2H3/t14-/m1/s1. The molecule has 0 spiro atoms. The molecule has 0 amide bonds. The van der Waals surface area contributed by atoms with Crippen LogP contribution in [0.5, 0.6) is 5.75 Å². The lowest BCUT2D eigenvalue weighted by Gasteiger charge is -2.16. The lowest BCUT2D eigenvalue weighted by Crippen LogP contribution is -2.26. The minimum atomic E-state index is 0.193. The number of nitrogens with one attached hydrogen (secondary N) is 1. The van der Waals surface area contributed by atoms with E-state index in [0.29, 0.717) is 6.10 Å². The molecular formula is C15H22BrNO2. The lowest BCUT2D eigenvalue weighted by molar-refractivity contribution is 0.110. The highest BCUT2D eigenvalue weighted by molar-refractivity contribution is 9.10. The Labute approximate surface area is 123 Å². The van der Waals surface area contributed by atoms with Gasteiger partial charge in [-0.2, -0.15) is 0 Å². The molecule has 1 aliphatic heterocycles. The van der Waals surface area contributed by atoms with Gasteiger partial charge < -0.3 is 14.8 Å². The molecule has 1 aliphatic rings. The maximum absolute atomic E-state index is 5.83. The Morgan fingerprint density at radius 3 is 3.00 bits per heavy atom. The SMILES string of the molecule is CC(C)Oc1ccc(Br)cc1CNC[C@H]1CCCO1. The van der Waals surface area contributed by atoms with Crippen LogP contribution < -0.4 is 10.1 Å². The molecule has 0 saturated carbocycles. The Bertz CT molecular complexity index is 403. The van der Waals surface area contributed by atoms with Crippen molar-refractivity contribution in [2.45, 2.75) is 45.4 Å². The van der Waals surface area contributed by atoms with Crippen molar-refractivity contribution in [3.63, 3.8) is 0 Å². The van der Waals surface area contributed by atoms with Crippen LogP contribution in [0.2, 0.25) is 0 Å². The monoisotopic (exact) mass is 327 g/mol. The van der Waals surface area contributed by atoms with Crippen LogP contribution in [-0.4, -0.2) is 25.4 Å². The fourth-order valence-corrected chi connectivity index (χ4v) is 2.64. The fraction of sp³-hybridized carbons (Fsp3) is 0.600. The minimum Gasteiger partial charge on any atom is -0.491 e. The Hall–Kier alpha value is -0.580. The van der Waals surface area contributed by atoms with Crippen molar-refractivity contribution in [1.29, 1.82) is 0 Å². The highest BCUT2D eigenvalue weighted by Crippen LogP contribution is 2.24. The molecule has 19 heavy (non-hydrogen) atoms. The van der Waals surface area contributed by atoms with Crippen LogP contribution in [-0.2, 0) is 11.3 Å². The molecule has 1 fully saturated rings. The predicted molar refractivity (Wildman–Crippen MR) is 80.6 cm³/mol. The summed E-state index contributed by atoms with van der Waals surface area (Å²) in [7, 11) is 0. The maximum Gasteiger partial charge on any atom is 0.124 e.